The van der Waals surface area contributed by atoms with Gasteiger partial charge in [0.1, 0.15) is 12.0 Å². The monoisotopic (exact) mass is 131 g/mol. The topological polar surface area (TPSA) is 63.3 Å². The molecular weight excluding hydrogens is 118 g/mol. The number of hydrogen-bond donors (Lipinski definition) is 2. The van der Waals surface area contributed by atoms with Crippen molar-refractivity contribution in [2.45, 2.75) is 32.4 Å². The van der Waals surface area contributed by atoms with Crippen LogP contribution in [0.1, 0.15) is 26.2 Å². The molecule has 0 amide bonds. The zero-order chi connectivity index (χ0) is 7.28. The number of rotatable bonds is 4. The van der Waals surface area contributed by atoms with Crippen LogP contribution in [0.25, 0.3) is 0 Å². The number of Topliss-reactive ketones (excluding diaryl/α,β-unsaturated/α-hetero) is 1. The van der Waals surface area contributed by atoms with Gasteiger partial charge in [-0.25, -0.2) is 0 Å². The number of nitrogens with two attached hydrogens (primary N) is 1. The summed E-state index contributed by atoms with van der Waals surface area (Å²) in [6.45, 7) is 1.53. The summed E-state index contributed by atoms with van der Waals surface area (Å²) in [6, 6.07) is 0. The van der Waals surface area contributed by atoms with E-state index in [1.54, 1.807) is 0 Å². The van der Waals surface area contributed by atoms with Crippen molar-refractivity contribution in [1.82, 2.24) is 0 Å². The van der Waals surface area contributed by atoms with Gasteiger partial charge in [-0.15, -0.1) is 0 Å². The molecule has 0 aromatic carbocycles. The third-order valence-electron chi connectivity index (χ3n) is 1.03. The average molecular weight is 131 g/mol. The van der Waals surface area contributed by atoms with Gasteiger partial charge >= 0.3 is 0 Å². The Hall–Kier alpha value is -0.410. The van der Waals surface area contributed by atoms with Crippen LogP contribution >= 0.6 is 0 Å². The third-order valence-corrected chi connectivity index (χ3v) is 1.03. The van der Waals surface area contributed by atoms with Gasteiger partial charge in [-0.1, -0.05) is 0 Å². The van der Waals surface area contributed by atoms with Crippen molar-refractivity contribution in [1.29, 1.82) is 0 Å². The summed E-state index contributed by atoms with van der Waals surface area (Å²) < 4.78 is 0. The summed E-state index contributed by atoms with van der Waals surface area (Å²) in [7, 11) is 0. The second-order valence-electron chi connectivity index (χ2n) is 2.16. The molecule has 0 aromatic heterocycles. The molecule has 0 radical (unpaired) electrons. The van der Waals surface area contributed by atoms with Gasteiger partial charge in [0.15, 0.2) is 0 Å². The lowest BCUT2D eigenvalue weighted by molar-refractivity contribution is -0.117. The molecule has 3 heteroatoms. The first-order valence-electron chi connectivity index (χ1n) is 3.06. The van der Waals surface area contributed by atoms with Crippen molar-refractivity contribution < 1.29 is 9.90 Å². The predicted octanol–water partition coefficient (Wildman–Crippen LogP) is 0.0228. The van der Waals surface area contributed by atoms with Gasteiger partial charge in [0.2, 0.25) is 0 Å². The number of aliphatic hydroxyl groups is 1. The van der Waals surface area contributed by atoms with Gasteiger partial charge in [-0.3, -0.25) is 0 Å². The molecule has 0 spiro atoms. The Morgan fingerprint density at radius 2 is 2.33 bits per heavy atom. The van der Waals surface area contributed by atoms with Crippen molar-refractivity contribution in [3.05, 3.63) is 0 Å². The van der Waals surface area contributed by atoms with Gasteiger partial charge in [0.05, 0.1) is 0 Å². The molecule has 0 bridgehead atoms. The van der Waals surface area contributed by atoms with Crippen LogP contribution in [-0.4, -0.2) is 17.1 Å². The van der Waals surface area contributed by atoms with Gasteiger partial charge in [0.25, 0.3) is 0 Å². The molecule has 0 aliphatic heterocycles. The minimum absolute atomic E-state index is 0.149. The third kappa shape index (κ3) is 7.59. The summed E-state index contributed by atoms with van der Waals surface area (Å²) in [6.07, 6.45) is 0.963. The van der Waals surface area contributed by atoms with E-state index < -0.39 is 6.23 Å². The summed E-state index contributed by atoms with van der Waals surface area (Å²) in [4.78, 5) is 10.3. The van der Waals surface area contributed by atoms with Crippen molar-refractivity contribution >= 4 is 5.78 Å². The Morgan fingerprint density at radius 1 is 1.78 bits per heavy atom. The normalized spacial score (nSPS) is 13.2. The van der Waals surface area contributed by atoms with Gasteiger partial charge in [-0.2, -0.15) is 0 Å². The molecular formula is C6H13NO2. The number of aliphatic hydroxyl groups excluding tert-OH is 1. The lowest BCUT2D eigenvalue weighted by Gasteiger charge is -2.00. The smallest absolute Gasteiger partial charge is 0.129 e. The molecule has 0 saturated carbocycles. The van der Waals surface area contributed by atoms with Gasteiger partial charge in [-0.05, 0) is 19.8 Å². The highest BCUT2D eigenvalue weighted by atomic mass is 16.3. The van der Waals surface area contributed by atoms with Crippen LogP contribution < -0.4 is 5.73 Å². The van der Waals surface area contributed by atoms with E-state index >= 15 is 0 Å². The first-order chi connectivity index (χ1) is 4.13. The van der Waals surface area contributed by atoms with Crippen LogP contribution in [0.4, 0.5) is 0 Å². The number of carbonyl (C=O) groups is 1. The summed E-state index contributed by atoms with van der Waals surface area (Å²) in [5.41, 5.74) is 5.02. The van der Waals surface area contributed by atoms with E-state index in [1.165, 1.54) is 6.92 Å². The van der Waals surface area contributed by atoms with E-state index in [-0.39, 0.29) is 5.78 Å². The second kappa shape index (κ2) is 4.47. The van der Waals surface area contributed by atoms with Crippen LogP contribution in [0.5, 0.6) is 0 Å². The number of ketones is 1. The minimum Gasteiger partial charge on any atom is -0.379 e. The Bertz CT molecular complexity index is 91.1. The molecule has 3 nitrogen and oxygen atoms in total. The van der Waals surface area contributed by atoms with Crippen molar-refractivity contribution in [3.63, 3.8) is 0 Å². The van der Waals surface area contributed by atoms with Crippen LogP contribution in [0, 0.1) is 0 Å². The number of hydrogen-bond acceptors (Lipinski definition) is 3. The molecule has 0 rings (SSSR count). The minimum atomic E-state index is -0.760. The standard InChI is InChI=1S/C6H13NO2/c1-5(8)3-2-4-6(7)9/h6,9H,2-4,7H2,1H3. The Labute approximate surface area is 54.9 Å². The highest BCUT2D eigenvalue weighted by Crippen LogP contribution is 1.96. The zero-order valence-corrected chi connectivity index (χ0v) is 5.63. The van der Waals surface area contributed by atoms with Crippen molar-refractivity contribution in [2.24, 2.45) is 5.73 Å². The van der Waals surface area contributed by atoms with E-state index in [1.807, 2.05) is 0 Å². The van der Waals surface area contributed by atoms with E-state index in [9.17, 15) is 4.79 Å². The molecule has 0 saturated heterocycles. The fraction of sp³-hybridized carbons (Fsp3) is 0.833. The average Bonchev–Trinajstić information content (AvgIpc) is 1.63. The maximum absolute atomic E-state index is 10.3. The van der Waals surface area contributed by atoms with Crippen molar-refractivity contribution in [3.8, 4) is 0 Å². The van der Waals surface area contributed by atoms with Crippen LogP contribution in [-0.2, 0) is 4.79 Å². The molecule has 0 aliphatic carbocycles. The molecule has 0 aromatic rings. The van der Waals surface area contributed by atoms with E-state index in [0.29, 0.717) is 19.3 Å². The highest BCUT2D eigenvalue weighted by Gasteiger charge is 1.96. The molecule has 3 N–H and O–H groups in total. The molecule has 1 atom stereocenters. The molecule has 9 heavy (non-hydrogen) atoms. The molecule has 1 unspecified atom stereocenters. The van der Waals surface area contributed by atoms with Crippen LogP contribution in [0.15, 0.2) is 0 Å². The van der Waals surface area contributed by atoms with Gasteiger partial charge in [0, 0.05) is 6.42 Å². The zero-order valence-electron chi connectivity index (χ0n) is 5.63. The Balaban J connectivity index is 3.01. The molecule has 54 valence electrons. The van der Waals surface area contributed by atoms with Gasteiger partial charge < -0.3 is 15.6 Å². The fourth-order valence-corrected chi connectivity index (χ4v) is 0.560. The van der Waals surface area contributed by atoms with E-state index in [2.05, 4.69) is 0 Å². The predicted molar refractivity (Wildman–Crippen MR) is 34.7 cm³/mol. The summed E-state index contributed by atoms with van der Waals surface area (Å²) >= 11 is 0. The first kappa shape index (κ1) is 8.59. The van der Waals surface area contributed by atoms with E-state index in [4.69, 9.17) is 10.8 Å². The SMILES string of the molecule is CC(=O)CCCC(N)O. The maximum Gasteiger partial charge on any atom is 0.129 e. The first-order valence-corrected chi connectivity index (χ1v) is 3.06. The van der Waals surface area contributed by atoms with Crippen LogP contribution in [0.3, 0.4) is 0 Å². The Morgan fingerprint density at radius 3 is 2.67 bits per heavy atom. The fourth-order valence-electron chi connectivity index (χ4n) is 0.560. The molecule has 0 heterocycles. The summed E-state index contributed by atoms with van der Waals surface area (Å²) in [5.74, 6) is 0.149. The lowest BCUT2D eigenvalue weighted by Crippen LogP contribution is -2.18. The lowest BCUT2D eigenvalue weighted by atomic mass is 10.2. The highest BCUT2D eigenvalue weighted by molar-refractivity contribution is 5.75. The van der Waals surface area contributed by atoms with E-state index in [0.717, 1.165) is 0 Å². The Kier molecular flexibility index (Phi) is 4.26. The summed E-state index contributed by atoms with van der Waals surface area (Å²) in [5, 5.41) is 8.53. The van der Waals surface area contributed by atoms with Crippen LogP contribution in [0.2, 0.25) is 0 Å². The molecule has 0 aliphatic rings. The second-order valence-corrected chi connectivity index (χ2v) is 2.16. The number of carbonyl (C=O) groups excluding carboxylic acids is 1. The molecule has 0 fully saturated rings. The maximum atomic E-state index is 10.3. The largest absolute Gasteiger partial charge is 0.379 e. The quantitative estimate of drug-likeness (QED) is 0.529. The van der Waals surface area contributed by atoms with Crippen molar-refractivity contribution in [2.75, 3.05) is 0 Å².